The van der Waals surface area contributed by atoms with Crippen LogP contribution in [-0.2, 0) is 10.0 Å². The summed E-state index contributed by atoms with van der Waals surface area (Å²) in [6.45, 7) is 8.23. The van der Waals surface area contributed by atoms with Crippen LogP contribution in [0.15, 0.2) is 34.1 Å². The van der Waals surface area contributed by atoms with Gasteiger partial charge in [0.1, 0.15) is 0 Å². The van der Waals surface area contributed by atoms with Crippen LogP contribution in [0.25, 0.3) is 0 Å². The van der Waals surface area contributed by atoms with Crippen molar-refractivity contribution in [1.82, 2.24) is 9.21 Å². The molecule has 2 aromatic rings. The maximum Gasteiger partial charge on any atom is 0.283 e. The fraction of sp³-hybridized carbons (Fsp3) is 0.409. The van der Waals surface area contributed by atoms with Crippen molar-refractivity contribution >= 4 is 33.4 Å². The number of amides is 1. The molecule has 0 N–H and O–H groups in total. The van der Waals surface area contributed by atoms with E-state index in [0.717, 1.165) is 22.3 Å². The predicted octanol–water partition coefficient (Wildman–Crippen LogP) is 3.70. The quantitative estimate of drug-likeness (QED) is 0.370. The van der Waals surface area contributed by atoms with Crippen LogP contribution in [0.5, 0.6) is 0 Å². The molecule has 0 bridgehead atoms. The minimum Gasteiger partial charge on any atom is -0.336 e. The van der Waals surface area contributed by atoms with E-state index in [4.69, 9.17) is 0 Å². The molecule has 1 saturated heterocycles. The van der Waals surface area contributed by atoms with E-state index < -0.39 is 14.9 Å². The molecule has 0 aromatic heterocycles. The van der Waals surface area contributed by atoms with Gasteiger partial charge in [0.25, 0.3) is 11.6 Å². The van der Waals surface area contributed by atoms with Crippen molar-refractivity contribution in [1.29, 1.82) is 0 Å². The van der Waals surface area contributed by atoms with E-state index in [2.05, 4.69) is 0 Å². The molecular weight excluding hydrogens is 450 g/mol. The first-order valence-corrected chi connectivity index (χ1v) is 12.8. The number of aryl methyl sites for hydroxylation is 2. The summed E-state index contributed by atoms with van der Waals surface area (Å²) in [5.74, 6) is -0.337. The standard InChI is InChI=1S/C22H27N3O5S2/c1-14-12-15(2)17(4)21(16(14)3)32(29,30)24-10-8-23(9-11-24)22(26)18-6-7-20(31-5)19(13-18)25(27)28/h6-7,12-13H,8-11H2,1-5H3. The molecular formula is C22H27N3O5S2. The number of hydrogen-bond acceptors (Lipinski definition) is 6. The van der Waals surface area contributed by atoms with E-state index in [0.29, 0.717) is 9.79 Å². The number of benzene rings is 2. The highest BCUT2D eigenvalue weighted by atomic mass is 32.2. The van der Waals surface area contributed by atoms with Crippen LogP contribution in [0.1, 0.15) is 32.6 Å². The van der Waals surface area contributed by atoms with Gasteiger partial charge in [-0.2, -0.15) is 4.31 Å². The topological polar surface area (TPSA) is 101 Å². The number of nitrogens with zero attached hydrogens (tertiary/aromatic N) is 3. The van der Waals surface area contributed by atoms with E-state index in [1.54, 1.807) is 23.3 Å². The third kappa shape index (κ3) is 4.39. The molecule has 1 heterocycles. The number of nitro benzene ring substituents is 1. The molecule has 3 rings (SSSR count). The first-order chi connectivity index (χ1) is 15.0. The van der Waals surface area contributed by atoms with Gasteiger partial charge in [0.15, 0.2) is 0 Å². The molecule has 1 aliphatic heterocycles. The summed E-state index contributed by atoms with van der Waals surface area (Å²) in [6, 6.07) is 6.43. The second kappa shape index (κ2) is 9.21. The van der Waals surface area contributed by atoms with Crippen molar-refractivity contribution < 1.29 is 18.1 Å². The largest absolute Gasteiger partial charge is 0.336 e. The minimum absolute atomic E-state index is 0.106. The molecule has 1 aliphatic rings. The molecule has 0 aliphatic carbocycles. The Bertz CT molecular complexity index is 1160. The molecule has 0 radical (unpaired) electrons. The second-order valence-electron chi connectivity index (χ2n) is 7.93. The highest BCUT2D eigenvalue weighted by molar-refractivity contribution is 7.98. The van der Waals surface area contributed by atoms with E-state index in [1.165, 1.54) is 22.1 Å². The number of nitro groups is 1. The SMILES string of the molecule is CSc1ccc(C(=O)N2CCN(S(=O)(=O)c3c(C)c(C)cc(C)c3C)CC2)cc1[N+](=O)[O-]. The number of thioether (sulfide) groups is 1. The fourth-order valence-corrected chi connectivity index (χ4v) is 6.52. The van der Waals surface area contributed by atoms with Crippen LogP contribution in [0.3, 0.4) is 0 Å². The Labute approximate surface area is 192 Å². The lowest BCUT2D eigenvalue weighted by molar-refractivity contribution is -0.387. The van der Waals surface area contributed by atoms with Crippen LogP contribution in [0.4, 0.5) is 5.69 Å². The molecule has 0 atom stereocenters. The number of hydrogen-bond donors (Lipinski definition) is 0. The van der Waals surface area contributed by atoms with Crippen LogP contribution >= 0.6 is 11.8 Å². The van der Waals surface area contributed by atoms with Gasteiger partial charge in [-0.05, 0) is 68.3 Å². The van der Waals surface area contributed by atoms with Crippen LogP contribution < -0.4 is 0 Å². The van der Waals surface area contributed by atoms with Crippen molar-refractivity contribution in [3.05, 3.63) is 62.2 Å². The number of rotatable bonds is 5. The first kappa shape index (κ1) is 24.2. The van der Waals surface area contributed by atoms with E-state index in [-0.39, 0.29) is 43.3 Å². The Balaban J connectivity index is 1.81. The molecule has 0 saturated carbocycles. The summed E-state index contributed by atoms with van der Waals surface area (Å²) in [7, 11) is -3.71. The zero-order chi connectivity index (χ0) is 23.8. The Kier molecular flexibility index (Phi) is 6.97. The van der Waals surface area contributed by atoms with Gasteiger partial charge in [0.2, 0.25) is 10.0 Å². The average Bonchev–Trinajstić information content (AvgIpc) is 2.76. The predicted molar refractivity (Wildman–Crippen MR) is 125 cm³/mol. The molecule has 32 heavy (non-hydrogen) atoms. The zero-order valence-corrected chi connectivity index (χ0v) is 20.5. The summed E-state index contributed by atoms with van der Waals surface area (Å²) in [4.78, 5) is 26.1. The molecule has 2 aromatic carbocycles. The highest BCUT2D eigenvalue weighted by Gasteiger charge is 2.33. The lowest BCUT2D eigenvalue weighted by atomic mass is 10.0. The van der Waals surface area contributed by atoms with Gasteiger partial charge in [-0.25, -0.2) is 8.42 Å². The molecule has 172 valence electrons. The molecule has 8 nitrogen and oxygen atoms in total. The second-order valence-corrected chi connectivity index (χ2v) is 10.7. The zero-order valence-electron chi connectivity index (χ0n) is 18.8. The summed E-state index contributed by atoms with van der Waals surface area (Å²) in [5, 5.41) is 11.3. The molecule has 0 spiro atoms. The van der Waals surface area contributed by atoms with Crippen LogP contribution in [0.2, 0.25) is 0 Å². The maximum absolute atomic E-state index is 13.4. The summed E-state index contributed by atoms with van der Waals surface area (Å²) < 4.78 is 28.3. The van der Waals surface area contributed by atoms with Crippen molar-refractivity contribution in [2.75, 3.05) is 32.4 Å². The first-order valence-electron chi connectivity index (χ1n) is 10.2. The van der Waals surface area contributed by atoms with Gasteiger partial charge in [0.05, 0.1) is 14.7 Å². The van der Waals surface area contributed by atoms with Gasteiger partial charge in [-0.15, -0.1) is 11.8 Å². The smallest absolute Gasteiger partial charge is 0.283 e. The van der Waals surface area contributed by atoms with Crippen LogP contribution in [-0.4, -0.2) is 60.9 Å². The van der Waals surface area contributed by atoms with E-state index in [1.807, 2.05) is 33.8 Å². The highest BCUT2D eigenvalue weighted by Crippen LogP contribution is 2.31. The van der Waals surface area contributed by atoms with Gasteiger partial charge in [0, 0.05) is 37.8 Å². The summed E-state index contributed by atoms with van der Waals surface area (Å²) >= 11 is 1.24. The molecule has 1 fully saturated rings. The lowest BCUT2D eigenvalue weighted by Crippen LogP contribution is -2.50. The Morgan fingerprint density at radius 3 is 2.06 bits per heavy atom. The van der Waals surface area contributed by atoms with Gasteiger partial charge >= 0.3 is 0 Å². The number of piperazine rings is 1. The number of carbonyl (C=O) groups is 1. The lowest BCUT2D eigenvalue weighted by Gasteiger charge is -2.34. The maximum atomic E-state index is 13.4. The number of sulfonamides is 1. The average molecular weight is 478 g/mol. The number of carbonyl (C=O) groups excluding carboxylic acids is 1. The molecule has 10 heteroatoms. The normalized spacial score (nSPS) is 15.1. The molecule has 1 amide bonds. The Morgan fingerprint density at radius 2 is 1.56 bits per heavy atom. The van der Waals surface area contributed by atoms with Gasteiger partial charge < -0.3 is 4.90 Å². The summed E-state index contributed by atoms with van der Waals surface area (Å²) in [6.07, 6.45) is 1.74. The van der Waals surface area contributed by atoms with Crippen LogP contribution in [0, 0.1) is 37.8 Å². The van der Waals surface area contributed by atoms with Crippen molar-refractivity contribution in [2.45, 2.75) is 37.5 Å². The monoisotopic (exact) mass is 477 g/mol. The summed E-state index contributed by atoms with van der Waals surface area (Å²) in [5.41, 5.74) is 3.46. The van der Waals surface area contributed by atoms with E-state index in [9.17, 15) is 23.3 Å². The van der Waals surface area contributed by atoms with Crippen molar-refractivity contribution in [3.63, 3.8) is 0 Å². The third-order valence-corrected chi connectivity index (χ3v) is 9.00. The third-order valence-electron chi connectivity index (χ3n) is 6.04. The van der Waals surface area contributed by atoms with Crippen molar-refractivity contribution in [2.24, 2.45) is 0 Å². The Hall–Kier alpha value is -2.43. The fourth-order valence-electron chi connectivity index (χ4n) is 3.98. The van der Waals surface area contributed by atoms with E-state index >= 15 is 0 Å². The molecule has 0 unspecified atom stereocenters. The van der Waals surface area contributed by atoms with Crippen molar-refractivity contribution in [3.8, 4) is 0 Å². The minimum atomic E-state index is -3.71. The van der Waals surface area contributed by atoms with Gasteiger partial charge in [-0.3, -0.25) is 14.9 Å². The Morgan fingerprint density at radius 1 is 1.00 bits per heavy atom. The van der Waals surface area contributed by atoms with Gasteiger partial charge in [-0.1, -0.05) is 6.07 Å².